The normalized spacial score (nSPS) is 9.29. The lowest BCUT2D eigenvalue weighted by Crippen LogP contribution is -2.09. The maximum atomic E-state index is 10.8. The molecule has 0 aliphatic carbocycles. The first-order valence-corrected chi connectivity index (χ1v) is 4.78. The van der Waals surface area contributed by atoms with Gasteiger partial charge < -0.3 is 20.5 Å². The number of rotatable bonds is 5. The van der Waals surface area contributed by atoms with Crippen LogP contribution in [0.2, 0.25) is 0 Å². The summed E-state index contributed by atoms with van der Waals surface area (Å²) in [6.45, 7) is 2.29. The van der Waals surface area contributed by atoms with Gasteiger partial charge in [0, 0.05) is 20.1 Å². The minimum atomic E-state index is -0.194. The van der Waals surface area contributed by atoms with Crippen molar-refractivity contribution in [3.8, 4) is 5.75 Å². The number of ether oxygens (including phenoxy) is 2. The molecule has 0 radical (unpaired) electrons. The van der Waals surface area contributed by atoms with E-state index in [0.29, 0.717) is 30.5 Å². The van der Waals surface area contributed by atoms with Gasteiger partial charge in [-0.15, -0.1) is 12.4 Å². The summed E-state index contributed by atoms with van der Waals surface area (Å²) in [5.41, 5.74) is 6.15. The molecule has 0 bridgehead atoms. The van der Waals surface area contributed by atoms with Crippen molar-refractivity contribution in [3.63, 3.8) is 0 Å². The molecule has 0 aliphatic heterocycles. The monoisotopic (exact) mass is 261 g/mol. The highest BCUT2D eigenvalue weighted by atomic mass is 35.5. The molecule has 1 heterocycles. The van der Waals surface area contributed by atoms with Crippen molar-refractivity contribution in [3.05, 3.63) is 12.3 Å². The zero-order chi connectivity index (χ0) is 12.0. The Morgan fingerprint density at radius 1 is 1.53 bits per heavy atom. The number of nitrogen functional groups attached to an aromatic ring is 1. The van der Waals surface area contributed by atoms with Crippen LogP contribution in [-0.4, -0.2) is 31.2 Å². The molecule has 3 N–H and O–H groups in total. The lowest BCUT2D eigenvalue weighted by atomic mass is 10.3. The third kappa shape index (κ3) is 5.37. The van der Waals surface area contributed by atoms with Crippen molar-refractivity contribution < 1.29 is 14.3 Å². The molecule has 0 aliphatic rings. The highest BCUT2D eigenvalue weighted by Gasteiger charge is 2.04. The molecule has 0 unspecified atom stereocenters. The van der Waals surface area contributed by atoms with E-state index in [1.54, 1.807) is 13.2 Å². The summed E-state index contributed by atoms with van der Waals surface area (Å²) in [5, 5.41) is 2.53. The first kappa shape index (κ1) is 15.5. The number of nitrogens with zero attached hydrogens (tertiary/aromatic N) is 1. The topological polar surface area (TPSA) is 86.5 Å². The smallest absolute Gasteiger partial charge is 0.222 e. The fourth-order valence-electron chi connectivity index (χ4n) is 1.06. The average Bonchev–Trinajstić information content (AvgIpc) is 2.20. The van der Waals surface area contributed by atoms with Crippen molar-refractivity contribution in [1.82, 2.24) is 4.98 Å². The van der Waals surface area contributed by atoms with Crippen LogP contribution in [0.15, 0.2) is 12.3 Å². The first-order chi connectivity index (χ1) is 7.63. The number of carbonyl (C=O) groups excluding carboxylic acids is 1. The van der Waals surface area contributed by atoms with Crippen LogP contribution < -0.4 is 15.8 Å². The van der Waals surface area contributed by atoms with Crippen molar-refractivity contribution >= 4 is 29.8 Å². The number of aromatic nitrogens is 1. The van der Waals surface area contributed by atoms with Gasteiger partial charge in [0.1, 0.15) is 12.4 Å². The fraction of sp³-hybridized carbons (Fsp3) is 0.400. The zero-order valence-corrected chi connectivity index (χ0v) is 10.5. The number of anilines is 2. The van der Waals surface area contributed by atoms with Crippen molar-refractivity contribution in [2.45, 2.75) is 6.92 Å². The summed E-state index contributed by atoms with van der Waals surface area (Å²) in [5.74, 6) is 0.690. The lowest BCUT2D eigenvalue weighted by Gasteiger charge is -2.09. The molecule has 0 saturated carbocycles. The van der Waals surface area contributed by atoms with Gasteiger partial charge in [0.2, 0.25) is 5.91 Å². The quantitative estimate of drug-likeness (QED) is 0.775. The molecule has 0 spiro atoms. The fourth-order valence-corrected chi connectivity index (χ4v) is 1.06. The Bertz CT molecular complexity index is 374. The van der Waals surface area contributed by atoms with E-state index in [1.165, 1.54) is 13.1 Å². The van der Waals surface area contributed by atoms with Gasteiger partial charge in [-0.25, -0.2) is 4.98 Å². The Balaban J connectivity index is 0.00000256. The van der Waals surface area contributed by atoms with Crippen LogP contribution >= 0.6 is 12.4 Å². The van der Waals surface area contributed by atoms with E-state index in [4.69, 9.17) is 15.2 Å². The number of hydrogen-bond donors (Lipinski definition) is 2. The molecule has 0 aromatic carbocycles. The van der Waals surface area contributed by atoms with Crippen molar-refractivity contribution in [2.75, 3.05) is 31.4 Å². The second kappa shape index (κ2) is 7.70. The highest BCUT2D eigenvalue weighted by molar-refractivity contribution is 5.88. The summed E-state index contributed by atoms with van der Waals surface area (Å²) in [6, 6.07) is 1.55. The van der Waals surface area contributed by atoms with Gasteiger partial charge in [0.05, 0.1) is 18.5 Å². The summed E-state index contributed by atoms with van der Waals surface area (Å²) >= 11 is 0. The number of nitrogens with two attached hydrogens (primary N) is 1. The number of methoxy groups -OCH3 is 1. The molecule has 1 rings (SSSR count). The molecule has 0 atom stereocenters. The van der Waals surface area contributed by atoms with Crippen molar-refractivity contribution in [1.29, 1.82) is 0 Å². The summed E-state index contributed by atoms with van der Waals surface area (Å²) in [7, 11) is 1.59. The number of nitrogens with one attached hydrogen (secondary N) is 1. The van der Waals surface area contributed by atoms with Crippen molar-refractivity contribution in [2.24, 2.45) is 0 Å². The number of pyridine rings is 1. The van der Waals surface area contributed by atoms with E-state index >= 15 is 0 Å². The van der Waals surface area contributed by atoms with Crippen LogP contribution in [-0.2, 0) is 9.53 Å². The van der Waals surface area contributed by atoms with Crippen LogP contribution in [0.4, 0.5) is 11.5 Å². The Kier molecular flexibility index (Phi) is 7.00. The van der Waals surface area contributed by atoms with Gasteiger partial charge in [-0.2, -0.15) is 0 Å². The van der Waals surface area contributed by atoms with E-state index in [9.17, 15) is 4.79 Å². The van der Waals surface area contributed by atoms with Gasteiger partial charge in [0.25, 0.3) is 0 Å². The maximum Gasteiger partial charge on any atom is 0.222 e. The average molecular weight is 262 g/mol. The molecule has 17 heavy (non-hydrogen) atoms. The van der Waals surface area contributed by atoms with Crippen LogP contribution in [0.3, 0.4) is 0 Å². The Morgan fingerprint density at radius 2 is 2.24 bits per heavy atom. The zero-order valence-electron chi connectivity index (χ0n) is 9.73. The Hall–Kier alpha value is -1.53. The van der Waals surface area contributed by atoms with Gasteiger partial charge >= 0.3 is 0 Å². The van der Waals surface area contributed by atoms with Gasteiger partial charge in [-0.05, 0) is 0 Å². The minimum Gasteiger partial charge on any atom is -0.487 e. The molecule has 1 amide bonds. The largest absolute Gasteiger partial charge is 0.487 e. The predicted molar refractivity (Wildman–Crippen MR) is 67.6 cm³/mol. The standard InChI is InChI=1S/C10H15N3O3.ClH/c1-7(14)13-10-5-8(11)9(6-12-10)16-4-3-15-2;/h5-6H,3-4H2,1-2H3,(H3,11,12,13,14);1H. The Labute approximate surface area is 106 Å². The van der Waals surface area contributed by atoms with Gasteiger partial charge in [-0.1, -0.05) is 0 Å². The number of carbonyl (C=O) groups is 1. The second-order valence-corrected chi connectivity index (χ2v) is 3.13. The second-order valence-electron chi connectivity index (χ2n) is 3.13. The highest BCUT2D eigenvalue weighted by Crippen LogP contribution is 2.22. The van der Waals surface area contributed by atoms with E-state index in [-0.39, 0.29) is 18.3 Å². The summed E-state index contributed by atoms with van der Waals surface area (Å²) in [4.78, 5) is 14.8. The first-order valence-electron chi connectivity index (χ1n) is 4.78. The molecule has 0 fully saturated rings. The summed E-state index contributed by atoms with van der Waals surface area (Å²) in [6.07, 6.45) is 1.47. The molecule has 1 aromatic rings. The van der Waals surface area contributed by atoms with Crippen LogP contribution in [0.5, 0.6) is 5.75 Å². The molecular weight excluding hydrogens is 246 g/mol. The number of halogens is 1. The van der Waals surface area contributed by atoms with E-state index in [1.807, 2.05) is 0 Å². The van der Waals surface area contributed by atoms with Crippen LogP contribution in [0.25, 0.3) is 0 Å². The van der Waals surface area contributed by atoms with Gasteiger partial charge in [-0.3, -0.25) is 4.79 Å². The SMILES string of the molecule is COCCOc1cnc(NC(C)=O)cc1N.Cl. The third-order valence-electron chi connectivity index (χ3n) is 1.75. The molecule has 6 nitrogen and oxygen atoms in total. The van der Waals surface area contributed by atoms with E-state index in [0.717, 1.165) is 0 Å². The maximum absolute atomic E-state index is 10.8. The number of amides is 1. The van der Waals surface area contributed by atoms with Gasteiger partial charge in [0.15, 0.2) is 5.75 Å². The minimum absolute atomic E-state index is 0. The molecule has 7 heteroatoms. The molecular formula is C10H16ClN3O3. The third-order valence-corrected chi connectivity index (χ3v) is 1.75. The molecule has 0 saturated heterocycles. The molecule has 1 aromatic heterocycles. The van der Waals surface area contributed by atoms with Crippen LogP contribution in [0.1, 0.15) is 6.92 Å². The lowest BCUT2D eigenvalue weighted by molar-refractivity contribution is -0.114. The predicted octanol–water partition coefficient (Wildman–Crippen LogP) is 1.07. The van der Waals surface area contributed by atoms with E-state index in [2.05, 4.69) is 10.3 Å². The Morgan fingerprint density at radius 3 is 2.76 bits per heavy atom. The summed E-state index contributed by atoms with van der Waals surface area (Å²) < 4.78 is 10.1. The molecule has 96 valence electrons. The van der Waals surface area contributed by atoms with E-state index < -0.39 is 0 Å². The number of hydrogen-bond acceptors (Lipinski definition) is 5. The van der Waals surface area contributed by atoms with Crippen LogP contribution in [0, 0.1) is 0 Å².